The maximum absolute atomic E-state index is 5.74. The van der Waals surface area contributed by atoms with Crippen LogP contribution in [0.15, 0.2) is 24.5 Å². The number of halogens is 1. The van der Waals surface area contributed by atoms with E-state index in [9.17, 15) is 0 Å². The molecule has 0 atom stereocenters. The number of nitrogen functional groups attached to an aromatic ring is 1. The van der Waals surface area contributed by atoms with Gasteiger partial charge in [-0.05, 0) is 47.2 Å². The van der Waals surface area contributed by atoms with Crippen LogP contribution in [0.1, 0.15) is 5.56 Å². The largest absolute Gasteiger partial charge is 0.490 e. The fourth-order valence-corrected chi connectivity index (χ4v) is 2.03. The van der Waals surface area contributed by atoms with E-state index < -0.39 is 0 Å². The summed E-state index contributed by atoms with van der Waals surface area (Å²) in [6.07, 6.45) is 1.41. The molecule has 0 spiro atoms. The van der Waals surface area contributed by atoms with E-state index >= 15 is 0 Å². The second-order valence-corrected chi connectivity index (χ2v) is 4.97. The number of methoxy groups -OCH3 is 1. The predicted molar refractivity (Wildman–Crippen MR) is 80.2 cm³/mol. The molecule has 0 saturated carbocycles. The number of rotatable bonds is 3. The first kappa shape index (κ1) is 12.9. The molecule has 0 aliphatic heterocycles. The van der Waals surface area contributed by atoms with Gasteiger partial charge in [-0.3, -0.25) is 0 Å². The fourth-order valence-electron chi connectivity index (χ4n) is 1.53. The molecule has 94 valence electrons. The molecule has 1 aromatic carbocycles. The topological polar surface area (TPSA) is 73.1 Å². The lowest BCUT2D eigenvalue weighted by Crippen LogP contribution is -2.03. The number of nitrogens with zero attached hydrogens (tertiary/aromatic N) is 2. The lowest BCUT2D eigenvalue weighted by atomic mass is 10.2. The zero-order valence-electron chi connectivity index (χ0n) is 10.1. The maximum Gasteiger partial charge on any atom is 0.204 e. The molecule has 0 aliphatic carbocycles. The van der Waals surface area contributed by atoms with E-state index in [2.05, 4.69) is 37.9 Å². The van der Waals surface area contributed by atoms with Crippen LogP contribution in [-0.2, 0) is 0 Å². The van der Waals surface area contributed by atoms with E-state index in [0.29, 0.717) is 17.4 Å². The molecule has 0 unspecified atom stereocenters. The fraction of sp³-hybridized carbons (Fsp3) is 0.167. The molecular weight excluding hydrogens is 343 g/mol. The van der Waals surface area contributed by atoms with Gasteiger partial charge in [0.15, 0.2) is 11.6 Å². The third-order valence-corrected chi connectivity index (χ3v) is 3.16. The molecule has 0 saturated heterocycles. The minimum Gasteiger partial charge on any atom is -0.490 e. The van der Waals surface area contributed by atoms with Gasteiger partial charge in [-0.1, -0.05) is 6.07 Å². The highest BCUT2D eigenvalue weighted by Crippen LogP contribution is 2.30. The van der Waals surface area contributed by atoms with E-state index in [1.54, 1.807) is 7.11 Å². The van der Waals surface area contributed by atoms with E-state index in [-0.39, 0.29) is 0 Å². The Morgan fingerprint density at radius 1 is 1.33 bits per heavy atom. The average molecular weight is 356 g/mol. The van der Waals surface area contributed by atoms with Crippen molar-refractivity contribution >= 4 is 39.9 Å². The normalized spacial score (nSPS) is 10.2. The Bertz CT molecular complexity index is 574. The number of hydrogen-bond acceptors (Lipinski definition) is 5. The van der Waals surface area contributed by atoms with E-state index in [4.69, 9.17) is 10.5 Å². The molecule has 5 nitrogen and oxygen atoms in total. The van der Waals surface area contributed by atoms with Crippen LogP contribution in [-0.4, -0.2) is 17.1 Å². The average Bonchev–Trinajstić information content (AvgIpc) is 2.34. The molecule has 2 aromatic rings. The summed E-state index contributed by atoms with van der Waals surface area (Å²) in [5.74, 6) is 1.34. The summed E-state index contributed by atoms with van der Waals surface area (Å²) < 4.78 is 6.34. The van der Waals surface area contributed by atoms with Gasteiger partial charge in [0, 0.05) is 9.26 Å². The first-order valence-corrected chi connectivity index (χ1v) is 6.37. The molecule has 18 heavy (non-hydrogen) atoms. The molecule has 0 radical (unpaired) electrons. The van der Waals surface area contributed by atoms with Crippen LogP contribution in [0.3, 0.4) is 0 Å². The van der Waals surface area contributed by atoms with Gasteiger partial charge in [-0.2, -0.15) is 0 Å². The van der Waals surface area contributed by atoms with Crippen molar-refractivity contribution in [3.05, 3.63) is 33.7 Å². The zero-order chi connectivity index (χ0) is 13.1. The van der Waals surface area contributed by atoms with Gasteiger partial charge in [0.2, 0.25) is 5.75 Å². The Morgan fingerprint density at radius 2 is 2.11 bits per heavy atom. The second kappa shape index (κ2) is 5.38. The Balaban J connectivity index is 2.40. The summed E-state index contributed by atoms with van der Waals surface area (Å²) in [6.45, 7) is 2.02. The van der Waals surface area contributed by atoms with E-state index in [1.165, 1.54) is 6.33 Å². The molecule has 2 rings (SSSR count). The van der Waals surface area contributed by atoms with Crippen LogP contribution in [0.2, 0.25) is 0 Å². The van der Waals surface area contributed by atoms with Crippen molar-refractivity contribution in [2.24, 2.45) is 0 Å². The highest BCUT2D eigenvalue weighted by atomic mass is 127. The van der Waals surface area contributed by atoms with E-state index in [1.807, 2.05) is 25.1 Å². The third-order valence-electron chi connectivity index (χ3n) is 2.49. The van der Waals surface area contributed by atoms with Gasteiger partial charge in [-0.15, -0.1) is 0 Å². The summed E-state index contributed by atoms with van der Waals surface area (Å²) in [7, 11) is 1.54. The Morgan fingerprint density at radius 3 is 2.83 bits per heavy atom. The van der Waals surface area contributed by atoms with Gasteiger partial charge in [-0.25, -0.2) is 9.97 Å². The number of benzene rings is 1. The number of aryl methyl sites for hydroxylation is 1. The predicted octanol–water partition coefficient (Wildman–Crippen LogP) is 2.72. The van der Waals surface area contributed by atoms with Crippen molar-refractivity contribution in [1.29, 1.82) is 0 Å². The van der Waals surface area contributed by atoms with Crippen LogP contribution >= 0.6 is 22.6 Å². The zero-order valence-corrected chi connectivity index (χ0v) is 12.2. The summed E-state index contributed by atoms with van der Waals surface area (Å²) in [6, 6.07) is 6.13. The Kier molecular flexibility index (Phi) is 3.85. The number of nitrogens with two attached hydrogens (primary N) is 1. The highest BCUT2D eigenvalue weighted by Gasteiger charge is 2.10. The number of hydrogen-bond donors (Lipinski definition) is 2. The standard InChI is InChI=1S/C12H13IN4O/c1-7-3-4-8(13)5-9(7)17-12-10(18-2)11(14)15-6-16-12/h3-6H,1-2H3,(H3,14,15,16,17). The third kappa shape index (κ3) is 2.63. The molecule has 0 bridgehead atoms. The van der Waals surface area contributed by atoms with Crippen molar-refractivity contribution in [2.75, 3.05) is 18.2 Å². The van der Waals surface area contributed by atoms with Gasteiger partial charge in [0.25, 0.3) is 0 Å². The van der Waals surface area contributed by atoms with Crippen molar-refractivity contribution < 1.29 is 4.74 Å². The van der Waals surface area contributed by atoms with E-state index in [0.717, 1.165) is 14.8 Å². The van der Waals surface area contributed by atoms with Gasteiger partial charge in [0.05, 0.1) is 7.11 Å². The minimum absolute atomic E-state index is 0.318. The Labute approximate surface area is 119 Å². The summed E-state index contributed by atoms with van der Waals surface area (Å²) >= 11 is 2.26. The Hall–Kier alpha value is -1.57. The molecular formula is C12H13IN4O. The van der Waals surface area contributed by atoms with Gasteiger partial charge >= 0.3 is 0 Å². The molecule has 0 aliphatic rings. The minimum atomic E-state index is 0.318. The first-order valence-electron chi connectivity index (χ1n) is 5.29. The highest BCUT2D eigenvalue weighted by molar-refractivity contribution is 14.1. The summed E-state index contributed by atoms with van der Waals surface area (Å²) in [4.78, 5) is 8.04. The molecule has 1 aromatic heterocycles. The number of ether oxygens (including phenoxy) is 1. The SMILES string of the molecule is COc1c(N)ncnc1Nc1cc(I)ccc1C. The van der Waals surface area contributed by atoms with Crippen molar-refractivity contribution in [1.82, 2.24) is 9.97 Å². The lowest BCUT2D eigenvalue weighted by molar-refractivity contribution is 0.415. The summed E-state index contributed by atoms with van der Waals surface area (Å²) in [5, 5.41) is 3.21. The molecule has 0 fully saturated rings. The second-order valence-electron chi connectivity index (χ2n) is 3.73. The molecule has 3 N–H and O–H groups in total. The molecule has 1 heterocycles. The number of anilines is 3. The number of aromatic nitrogens is 2. The molecule has 0 amide bonds. The lowest BCUT2D eigenvalue weighted by Gasteiger charge is -2.13. The van der Waals surface area contributed by atoms with Crippen LogP contribution < -0.4 is 15.8 Å². The van der Waals surface area contributed by atoms with Crippen LogP contribution in [0.5, 0.6) is 5.75 Å². The summed E-state index contributed by atoms with van der Waals surface area (Å²) in [5.41, 5.74) is 7.83. The smallest absolute Gasteiger partial charge is 0.204 e. The van der Waals surface area contributed by atoms with Crippen LogP contribution in [0.4, 0.5) is 17.3 Å². The van der Waals surface area contributed by atoms with Crippen molar-refractivity contribution in [3.63, 3.8) is 0 Å². The van der Waals surface area contributed by atoms with Crippen LogP contribution in [0.25, 0.3) is 0 Å². The monoisotopic (exact) mass is 356 g/mol. The maximum atomic E-state index is 5.74. The first-order chi connectivity index (χ1) is 8.61. The van der Waals surface area contributed by atoms with Gasteiger partial charge in [0.1, 0.15) is 6.33 Å². The quantitative estimate of drug-likeness (QED) is 0.828. The van der Waals surface area contributed by atoms with Crippen LogP contribution in [0, 0.1) is 10.5 Å². The van der Waals surface area contributed by atoms with Crippen molar-refractivity contribution in [2.45, 2.75) is 6.92 Å². The van der Waals surface area contributed by atoms with Crippen molar-refractivity contribution in [3.8, 4) is 5.75 Å². The van der Waals surface area contributed by atoms with Gasteiger partial charge < -0.3 is 15.8 Å². The molecule has 6 heteroatoms. The number of nitrogens with one attached hydrogen (secondary N) is 1.